The highest BCUT2D eigenvalue weighted by Gasteiger charge is 2.20. The minimum absolute atomic E-state index is 0.285. The van der Waals surface area contributed by atoms with Gasteiger partial charge in [-0.05, 0) is 30.2 Å². The van der Waals surface area contributed by atoms with Crippen LogP contribution < -0.4 is 4.90 Å². The molecule has 0 unspecified atom stereocenters. The molecule has 0 radical (unpaired) electrons. The number of pyridine rings is 1. The molecule has 1 aromatic carbocycles. The van der Waals surface area contributed by atoms with Gasteiger partial charge in [-0.25, -0.2) is 9.37 Å². The first kappa shape index (κ1) is 15.4. The van der Waals surface area contributed by atoms with Crippen LogP contribution >= 0.6 is 12.2 Å². The van der Waals surface area contributed by atoms with Gasteiger partial charge in [0.25, 0.3) is 0 Å². The van der Waals surface area contributed by atoms with Crippen LogP contribution in [-0.4, -0.2) is 41.1 Å². The van der Waals surface area contributed by atoms with Crippen LogP contribution in [0.25, 0.3) is 0 Å². The normalized spacial score (nSPS) is 14.1. The van der Waals surface area contributed by atoms with Gasteiger partial charge in [-0.2, -0.15) is 0 Å². The fourth-order valence-corrected chi connectivity index (χ4v) is 2.69. The molecule has 0 N–H and O–H groups in total. The van der Waals surface area contributed by atoms with Crippen LogP contribution in [0.15, 0.2) is 48.7 Å². The molecule has 1 fully saturated rings. The second kappa shape index (κ2) is 7.21. The van der Waals surface area contributed by atoms with Crippen molar-refractivity contribution in [1.82, 2.24) is 9.88 Å². The number of aromatic nitrogens is 1. The second-order valence-electron chi connectivity index (χ2n) is 5.20. The summed E-state index contributed by atoms with van der Waals surface area (Å²) in [6, 6.07) is 12.8. The number of piperazine rings is 1. The zero-order chi connectivity index (χ0) is 16.1. The highest BCUT2D eigenvalue weighted by molar-refractivity contribution is 7.80. The van der Waals surface area contributed by atoms with Crippen LogP contribution in [0.4, 0.5) is 10.2 Å². The molecule has 0 spiro atoms. The van der Waals surface area contributed by atoms with Crippen LogP contribution in [0.5, 0.6) is 0 Å². The zero-order valence-corrected chi connectivity index (χ0v) is 13.4. The fraction of sp³-hybridized carbons (Fsp3) is 0.222. The quantitative estimate of drug-likeness (QED) is 0.593. The van der Waals surface area contributed by atoms with Crippen LogP contribution in [0.3, 0.4) is 0 Å². The summed E-state index contributed by atoms with van der Waals surface area (Å²) >= 11 is 5.40. The molecule has 0 amide bonds. The Kier molecular flexibility index (Phi) is 4.84. The number of nitrogens with zero attached hydrogens (tertiary/aromatic N) is 3. The van der Waals surface area contributed by atoms with E-state index in [9.17, 15) is 4.39 Å². The van der Waals surface area contributed by atoms with Crippen molar-refractivity contribution in [2.24, 2.45) is 0 Å². The largest absolute Gasteiger partial charge is 0.352 e. The molecule has 5 heteroatoms. The number of hydrogen-bond acceptors (Lipinski definition) is 3. The van der Waals surface area contributed by atoms with Crippen LogP contribution in [0.2, 0.25) is 0 Å². The minimum atomic E-state index is -0.285. The summed E-state index contributed by atoms with van der Waals surface area (Å²) in [5.74, 6) is 6.23. The van der Waals surface area contributed by atoms with E-state index in [1.807, 2.05) is 35.2 Å². The number of halogens is 1. The summed E-state index contributed by atoms with van der Waals surface area (Å²) in [4.78, 5) is 8.76. The maximum Gasteiger partial charge on any atom is 0.165 e. The van der Waals surface area contributed by atoms with Crippen molar-refractivity contribution in [1.29, 1.82) is 0 Å². The molecule has 2 heterocycles. The van der Waals surface area contributed by atoms with Crippen molar-refractivity contribution in [3.63, 3.8) is 0 Å². The number of rotatable bonds is 1. The van der Waals surface area contributed by atoms with Gasteiger partial charge in [-0.15, -0.1) is 0 Å². The first-order valence-corrected chi connectivity index (χ1v) is 7.86. The predicted molar refractivity (Wildman–Crippen MR) is 93.9 cm³/mol. The molecular formula is C18H16FN3S. The van der Waals surface area contributed by atoms with E-state index in [0.717, 1.165) is 18.7 Å². The Balaban J connectivity index is 1.60. The molecule has 0 saturated carbocycles. The summed E-state index contributed by atoms with van der Waals surface area (Å²) in [7, 11) is 0. The smallest absolute Gasteiger partial charge is 0.165 e. The highest BCUT2D eigenvalue weighted by Crippen LogP contribution is 2.17. The van der Waals surface area contributed by atoms with Crippen LogP contribution in [-0.2, 0) is 0 Å². The van der Waals surface area contributed by atoms with E-state index in [4.69, 9.17) is 12.2 Å². The first-order valence-electron chi connectivity index (χ1n) is 7.45. The standard InChI is InChI=1S/C18H16FN3S/c19-16-7-4-10-20-18(16)22-13-11-21(12-14-22)17(23)9-8-15-5-2-1-3-6-15/h1-7,10H,11-14H2. The zero-order valence-electron chi connectivity index (χ0n) is 12.6. The van der Waals surface area contributed by atoms with Gasteiger partial charge < -0.3 is 9.80 Å². The number of benzene rings is 1. The van der Waals surface area contributed by atoms with Gasteiger partial charge in [0.15, 0.2) is 16.6 Å². The molecule has 1 aromatic heterocycles. The summed E-state index contributed by atoms with van der Waals surface area (Å²) in [5, 5.41) is 0. The molecule has 3 rings (SSSR count). The summed E-state index contributed by atoms with van der Waals surface area (Å²) in [6.07, 6.45) is 1.61. The summed E-state index contributed by atoms with van der Waals surface area (Å²) in [6.45, 7) is 2.80. The van der Waals surface area contributed by atoms with Gasteiger partial charge in [-0.3, -0.25) is 0 Å². The van der Waals surface area contributed by atoms with Gasteiger partial charge in [0.2, 0.25) is 0 Å². The average Bonchev–Trinajstić information content (AvgIpc) is 2.61. The molecule has 0 bridgehead atoms. The molecule has 3 nitrogen and oxygen atoms in total. The Bertz CT molecular complexity index is 744. The van der Waals surface area contributed by atoms with Crippen molar-refractivity contribution in [2.45, 2.75) is 0 Å². The molecule has 0 aliphatic carbocycles. The van der Waals surface area contributed by atoms with E-state index in [2.05, 4.69) is 21.7 Å². The lowest BCUT2D eigenvalue weighted by Crippen LogP contribution is -2.48. The molecule has 1 aliphatic rings. The number of thiocarbonyl (C=S) groups is 1. The van der Waals surface area contributed by atoms with Gasteiger partial charge in [-0.1, -0.05) is 36.3 Å². The highest BCUT2D eigenvalue weighted by atomic mass is 32.1. The summed E-state index contributed by atoms with van der Waals surface area (Å²) in [5.41, 5.74) is 0.948. The maximum atomic E-state index is 13.8. The van der Waals surface area contributed by atoms with Crippen molar-refractivity contribution in [3.8, 4) is 11.8 Å². The van der Waals surface area contributed by atoms with E-state index < -0.39 is 0 Å². The van der Waals surface area contributed by atoms with Crippen molar-refractivity contribution in [3.05, 3.63) is 60.0 Å². The predicted octanol–water partition coefficient (Wildman–Crippen LogP) is 2.72. The Labute approximate surface area is 140 Å². The first-order chi connectivity index (χ1) is 11.2. The van der Waals surface area contributed by atoms with Gasteiger partial charge in [0, 0.05) is 37.9 Å². The number of hydrogen-bond donors (Lipinski definition) is 0. The lowest BCUT2D eigenvalue weighted by atomic mass is 10.2. The molecule has 116 valence electrons. The van der Waals surface area contributed by atoms with E-state index in [1.165, 1.54) is 6.07 Å². The van der Waals surface area contributed by atoms with Crippen LogP contribution in [0.1, 0.15) is 5.56 Å². The molecule has 1 saturated heterocycles. The lowest BCUT2D eigenvalue weighted by molar-refractivity contribution is 0.390. The van der Waals surface area contributed by atoms with Gasteiger partial charge in [0.05, 0.1) is 0 Å². The van der Waals surface area contributed by atoms with E-state index in [1.54, 1.807) is 12.3 Å². The Morgan fingerprint density at radius 2 is 1.78 bits per heavy atom. The van der Waals surface area contributed by atoms with E-state index in [-0.39, 0.29) is 5.82 Å². The van der Waals surface area contributed by atoms with Crippen molar-refractivity contribution >= 4 is 23.0 Å². The maximum absolute atomic E-state index is 13.8. The monoisotopic (exact) mass is 325 g/mol. The van der Waals surface area contributed by atoms with E-state index >= 15 is 0 Å². The third kappa shape index (κ3) is 3.85. The lowest BCUT2D eigenvalue weighted by Gasteiger charge is -2.35. The molecule has 0 atom stereocenters. The second-order valence-corrected chi connectivity index (χ2v) is 5.59. The van der Waals surface area contributed by atoms with E-state index in [0.29, 0.717) is 23.9 Å². The van der Waals surface area contributed by atoms with Crippen molar-refractivity contribution in [2.75, 3.05) is 31.1 Å². The Morgan fingerprint density at radius 1 is 1.04 bits per heavy atom. The average molecular weight is 325 g/mol. The third-order valence-corrected chi connectivity index (χ3v) is 4.05. The Morgan fingerprint density at radius 3 is 2.48 bits per heavy atom. The SMILES string of the molecule is Fc1cccnc1N1CCN(C(=S)C#Cc2ccccc2)CC1. The van der Waals surface area contributed by atoms with Crippen molar-refractivity contribution < 1.29 is 4.39 Å². The van der Waals surface area contributed by atoms with Crippen LogP contribution in [0, 0.1) is 17.7 Å². The molecule has 1 aliphatic heterocycles. The van der Waals surface area contributed by atoms with Gasteiger partial charge in [0.1, 0.15) is 0 Å². The molecule has 2 aromatic rings. The fourth-order valence-electron chi connectivity index (χ4n) is 2.46. The van der Waals surface area contributed by atoms with Gasteiger partial charge >= 0.3 is 0 Å². The molecule has 23 heavy (non-hydrogen) atoms. The third-order valence-electron chi connectivity index (χ3n) is 3.69. The minimum Gasteiger partial charge on any atom is -0.352 e. The topological polar surface area (TPSA) is 19.4 Å². The number of anilines is 1. The summed E-state index contributed by atoms with van der Waals surface area (Å²) < 4.78 is 13.8. The Hall–Kier alpha value is -2.45. The molecular weight excluding hydrogens is 309 g/mol.